The number of ether oxygens (including phenoxy) is 2. The lowest BCUT2D eigenvalue weighted by atomic mass is 9.91. The highest BCUT2D eigenvalue weighted by atomic mass is 32.2. The molecule has 1 aliphatic carbocycles. The molecule has 1 aliphatic heterocycles. The van der Waals surface area contributed by atoms with E-state index < -0.39 is 27.0 Å². The van der Waals surface area contributed by atoms with E-state index in [0.29, 0.717) is 30.5 Å². The van der Waals surface area contributed by atoms with E-state index in [1.165, 1.54) is 29.8 Å². The van der Waals surface area contributed by atoms with Crippen molar-refractivity contribution in [2.45, 2.75) is 36.5 Å². The van der Waals surface area contributed by atoms with Gasteiger partial charge in [-0.25, -0.2) is 17.2 Å². The van der Waals surface area contributed by atoms with E-state index >= 15 is 0 Å². The van der Waals surface area contributed by atoms with E-state index in [4.69, 9.17) is 9.47 Å². The second kappa shape index (κ2) is 9.95. The van der Waals surface area contributed by atoms with Gasteiger partial charge in [-0.3, -0.25) is 9.59 Å². The SMILES string of the molecule is CCOC(=O)c1cc2c([C@@H]3C[C@@]34C(=O)N(CCOC)c3ccccc34)cn(C)c(=O)c2n1S(=O)(=O)c1ccc(C)cc1. The van der Waals surface area contributed by atoms with Crippen LogP contribution in [-0.2, 0) is 36.8 Å². The predicted octanol–water partition coefficient (Wildman–Crippen LogP) is 3.48. The van der Waals surface area contributed by atoms with Gasteiger partial charge in [0.05, 0.1) is 23.5 Å². The highest BCUT2D eigenvalue weighted by molar-refractivity contribution is 7.90. The van der Waals surface area contributed by atoms with Crippen LogP contribution in [0.2, 0.25) is 0 Å². The molecule has 42 heavy (non-hydrogen) atoms. The number of para-hydroxylation sites is 1. The van der Waals surface area contributed by atoms with Crippen LogP contribution in [0.25, 0.3) is 10.9 Å². The van der Waals surface area contributed by atoms with Crippen LogP contribution in [0.4, 0.5) is 5.69 Å². The number of esters is 1. The number of aryl methyl sites for hydroxylation is 2. The molecule has 4 aromatic rings. The molecule has 3 heterocycles. The number of amides is 1. The number of pyridine rings is 1. The zero-order chi connectivity index (χ0) is 30.0. The molecule has 1 fully saturated rings. The van der Waals surface area contributed by atoms with Crippen molar-refractivity contribution in [3.63, 3.8) is 0 Å². The normalized spacial score (nSPS) is 19.5. The standard InChI is InChI=1S/C31H31N3O7S/c1-5-41-29(36)26-16-21-22(24-17-31(24)23-8-6-7-9-25(23)33(30(31)37)14-15-40-4)18-32(3)28(35)27(21)34(26)42(38,39)20-12-10-19(2)11-13-20/h6-13,16,18,24H,5,14-15,17H2,1-4H3/t24-,31-/m0/s1. The number of fused-ring (bicyclic) bond motifs is 3. The molecule has 2 atom stereocenters. The zero-order valence-corrected chi connectivity index (χ0v) is 24.6. The molecule has 11 heteroatoms. The first kappa shape index (κ1) is 27.9. The van der Waals surface area contributed by atoms with Crippen LogP contribution in [0.5, 0.6) is 0 Å². The van der Waals surface area contributed by atoms with Crippen molar-refractivity contribution in [1.82, 2.24) is 8.54 Å². The summed E-state index contributed by atoms with van der Waals surface area (Å²) in [6.45, 7) is 4.23. The zero-order valence-electron chi connectivity index (χ0n) is 23.8. The van der Waals surface area contributed by atoms with Crippen LogP contribution in [0, 0.1) is 6.92 Å². The van der Waals surface area contributed by atoms with Crippen molar-refractivity contribution in [3.05, 3.63) is 93.5 Å². The first-order valence-corrected chi connectivity index (χ1v) is 15.2. The maximum atomic E-state index is 14.1. The molecule has 0 saturated heterocycles. The Labute approximate surface area is 243 Å². The number of carbonyl (C=O) groups excluding carboxylic acids is 2. The summed E-state index contributed by atoms with van der Waals surface area (Å²) in [5.74, 6) is -1.28. The van der Waals surface area contributed by atoms with Crippen LogP contribution in [0.3, 0.4) is 0 Å². The molecule has 0 radical (unpaired) electrons. The van der Waals surface area contributed by atoms with E-state index in [0.717, 1.165) is 20.8 Å². The van der Waals surface area contributed by atoms with Crippen molar-refractivity contribution in [2.75, 3.05) is 31.8 Å². The van der Waals surface area contributed by atoms with Crippen molar-refractivity contribution >= 4 is 38.5 Å². The Balaban J connectivity index is 1.58. The lowest BCUT2D eigenvalue weighted by Crippen LogP contribution is -2.35. The summed E-state index contributed by atoms with van der Waals surface area (Å²) >= 11 is 0. The summed E-state index contributed by atoms with van der Waals surface area (Å²) in [5, 5.41) is 0.305. The van der Waals surface area contributed by atoms with Crippen molar-refractivity contribution in [2.24, 2.45) is 7.05 Å². The Morgan fingerprint density at radius 2 is 1.81 bits per heavy atom. The van der Waals surface area contributed by atoms with Crippen molar-refractivity contribution < 1.29 is 27.5 Å². The van der Waals surface area contributed by atoms with Gasteiger partial charge < -0.3 is 18.9 Å². The van der Waals surface area contributed by atoms with Gasteiger partial charge >= 0.3 is 5.97 Å². The Hall–Kier alpha value is -4.22. The number of anilines is 1. The number of nitrogens with zero attached hydrogens (tertiary/aromatic N) is 3. The number of hydrogen-bond acceptors (Lipinski definition) is 7. The summed E-state index contributed by atoms with van der Waals surface area (Å²) in [6, 6.07) is 15.2. The van der Waals surface area contributed by atoms with Crippen LogP contribution < -0.4 is 10.5 Å². The van der Waals surface area contributed by atoms with Crippen molar-refractivity contribution in [3.8, 4) is 0 Å². The minimum Gasteiger partial charge on any atom is -0.461 e. The summed E-state index contributed by atoms with van der Waals surface area (Å²) < 4.78 is 40.7. The molecule has 0 N–H and O–H groups in total. The largest absolute Gasteiger partial charge is 0.461 e. The van der Waals surface area contributed by atoms with Gasteiger partial charge in [-0.2, -0.15) is 0 Å². The lowest BCUT2D eigenvalue weighted by molar-refractivity contribution is -0.120. The number of methoxy groups -OCH3 is 1. The van der Waals surface area contributed by atoms with Gasteiger partial charge in [0.1, 0.15) is 11.2 Å². The molecule has 1 amide bonds. The van der Waals surface area contributed by atoms with Gasteiger partial charge in [0.15, 0.2) is 0 Å². The molecule has 2 aromatic carbocycles. The Kier molecular flexibility index (Phi) is 6.62. The summed E-state index contributed by atoms with van der Waals surface area (Å²) in [4.78, 5) is 42.5. The van der Waals surface area contributed by atoms with Crippen LogP contribution in [0.1, 0.15) is 46.4 Å². The number of rotatable bonds is 8. The first-order chi connectivity index (χ1) is 20.1. The monoisotopic (exact) mass is 589 g/mol. The van der Waals surface area contributed by atoms with Gasteiger partial charge in [-0.15, -0.1) is 0 Å². The molecule has 10 nitrogen and oxygen atoms in total. The smallest absolute Gasteiger partial charge is 0.356 e. The second-order valence-corrected chi connectivity index (χ2v) is 12.6. The third kappa shape index (κ3) is 3.94. The second-order valence-electron chi connectivity index (χ2n) is 10.8. The fourth-order valence-electron chi connectivity index (χ4n) is 6.24. The number of hydrogen-bond donors (Lipinski definition) is 0. The quantitative estimate of drug-likeness (QED) is 0.289. The Morgan fingerprint density at radius 1 is 1.10 bits per heavy atom. The van der Waals surface area contributed by atoms with E-state index in [-0.39, 0.29) is 34.5 Å². The summed E-state index contributed by atoms with van der Waals surface area (Å²) in [5.41, 5.74) is 1.29. The molecule has 0 bridgehead atoms. The third-order valence-electron chi connectivity index (χ3n) is 8.33. The number of carbonyl (C=O) groups is 2. The van der Waals surface area contributed by atoms with E-state index in [1.54, 1.807) is 37.3 Å². The molecule has 6 rings (SSSR count). The topological polar surface area (TPSA) is 117 Å². The van der Waals surface area contributed by atoms with E-state index in [2.05, 4.69) is 0 Å². The molecular formula is C31H31N3O7S. The molecule has 218 valence electrons. The number of benzene rings is 2. The highest BCUT2D eigenvalue weighted by Gasteiger charge is 2.67. The first-order valence-electron chi connectivity index (χ1n) is 13.7. The Bertz CT molecular complexity index is 1920. The minimum atomic E-state index is -4.39. The average Bonchev–Trinajstić information content (AvgIpc) is 3.50. The van der Waals surface area contributed by atoms with Crippen LogP contribution >= 0.6 is 0 Å². The summed E-state index contributed by atoms with van der Waals surface area (Å²) in [6.07, 6.45) is 2.12. The summed E-state index contributed by atoms with van der Waals surface area (Å²) in [7, 11) is -1.27. The third-order valence-corrected chi connectivity index (χ3v) is 10.1. The molecule has 1 saturated carbocycles. The molecular weight excluding hydrogens is 558 g/mol. The number of aromatic nitrogens is 2. The molecule has 0 unspecified atom stereocenters. The minimum absolute atomic E-state index is 0.0180. The lowest BCUT2D eigenvalue weighted by Gasteiger charge is -2.18. The molecule has 1 spiro atoms. The predicted molar refractivity (Wildman–Crippen MR) is 157 cm³/mol. The fourth-order valence-corrected chi connectivity index (χ4v) is 7.73. The van der Waals surface area contributed by atoms with Gasteiger partial charge in [-0.05, 0) is 55.7 Å². The van der Waals surface area contributed by atoms with Crippen molar-refractivity contribution in [1.29, 1.82) is 0 Å². The fraction of sp³-hybridized carbons (Fsp3) is 0.323. The highest BCUT2D eigenvalue weighted by Crippen LogP contribution is 2.66. The van der Waals surface area contributed by atoms with Gasteiger partial charge in [0, 0.05) is 43.9 Å². The van der Waals surface area contributed by atoms with E-state index in [9.17, 15) is 22.8 Å². The average molecular weight is 590 g/mol. The molecule has 2 aliphatic rings. The Morgan fingerprint density at radius 3 is 2.50 bits per heavy atom. The molecule has 2 aromatic heterocycles. The van der Waals surface area contributed by atoms with E-state index in [1.807, 2.05) is 31.2 Å². The van der Waals surface area contributed by atoms with Gasteiger partial charge in [-0.1, -0.05) is 35.9 Å². The van der Waals surface area contributed by atoms with Crippen LogP contribution in [-0.4, -0.2) is 55.7 Å². The maximum Gasteiger partial charge on any atom is 0.356 e. The van der Waals surface area contributed by atoms with Gasteiger partial charge in [0.2, 0.25) is 5.91 Å². The maximum absolute atomic E-state index is 14.1. The van der Waals surface area contributed by atoms with Gasteiger partial charge in [0.25, 0.3) is 15.6 Å². The van der Waals surface area contributed by atoms with Crippen LogP contribution in [0.15, 0.2) is 70.5 Å².